The van der Waals surface area contributed by atoms with E-state index in [4.69, 9.17) is 0 Å². The predicted octanol–water partition coefficient (Wildman–Crippen LogP) is -0.469. The second-order valence-electron chi connectivity index (χ2n) is 1.91. The van der Waals surface area contributed by atoms with Crippen LogP contribution in [0.4, 0.5) is 11.6 Å². The Labute approximate surface area is 70.1 Å². The summed E-state index contributed by atoms with van der Waals surface area (Å²) < 4.78 is -0.217. The Morgan fingerprint density at radius 2 is 1.92 bits per heavy atom. The van der Waals surface area contributed by atoms with Gasteiger partial charge in [0.1, 0.15) is 4.92 Å². The Morgan fingerprint density at radius 3 is 2.31 bits per heavy atom. The van der Waals surface area contributed by atoms with Crippen molar-refractivity contribution in [2.75, 3.05) is 0 Å². The van der Waals surface area contributed by atoms with Crippen LogP contribution in [0.2, 0.25) is 0 Å². The molecule has 0 aliphatic carbocycles. The number of hydrogen-bond acceptors (Lipinski definition) is 6. The molecule has 0 aliphatic rings. The van der Waals surface area contributed by atoms with Gasteiger partial charge < -0.3 is 15.3 Å². The highest BCUT2D eigenvalue weighted by atomic mass is 16.6. The predicted molar refractivity (Wildman–Crippen MR) is 36.5 cm³/mol. The molecule has 9 heteroatoms. The molecule has 0 N–H and O–H groups in total. The molecule has 0 saturated heterocycles. The van der Waals surface area contributed by atoms with Crippen LogP contribution in [-0.4, -0.2) is 14.8 Å². The molecule has 0 radical (unpaired) electrons. The zero-order chi connectivity index (χ0) is 10.0. The molecule has 1 heterocycles. The van der Waals surface area contributed by atoms with Crippen molar-refractivity contribution in [2.24, 2.45) is 0 Å². The first-order valence-electron chi connectivity index (χ1n) is 2.91. The lowest BCUT2D eigenvalue weighted by Gasteiger charge is -1.94. The molecule has 1 aromatic heterocycles. The Bertz CT molecular complexity index is 377. The fourth-order valence-corrected chi connectivity index (χ4v) is 0.682. The Kier molecular flexibility index (Phi) is 2.00. The molecule has 0 saturated carbocycles. The standard InChI is InChI=1S/C4H2N4O5/c9-6-2-1-5-3(7(10)11)4(6)8(12)13/h1-2H. The fraction of sp³-hybridized carbons (Fsp3) is 0. The minimum absolute atomic E-state index is 0.217. The van der Waals surface area contributed by atoms with E-state index in [2.05, 4.69) is 4.98 Å². The van der Waals surface area contributed by atoms with Crippen molar-refractivity contribution in [1.29, 1.82) is 0 Å². The quantitative estimate of drug-likeness (QED) is 0.266. The van der Waals surface area contributed by atoms with Crippen molar-refractivity contribution in [1.82, 2.24) is 4.98 Å². The summed E-state index contributed by atoms with van der Waals surface area (Å²) >= 11 is 0. The Hall–Kier alpha value is -2.32. The molecule has 13 heavy (non-hydrogen) atoms. The molecule has 1 aromatic rings. The number of rotatable bonds is 2. The van der Waals surface area contributed by atoms with Gasteiger partial charge in [-0.2, -0.15) is 0 Å². The monoisotopic (exact) mass is 186 g/mol. The largest absolute Gasteiger partial charge is 0.614 e. The first-order chi connectivity index (χ1) is 6.04. The maximum absolute atomic E-state index is 10.7. The summed E-state index contributed by atoms with van der Waals surface area (Å²) in [7, 11) is 0. The molecule has 1 rings (SSSR count). The first kappa shape index (κ1) is 8.77. The van der Waals surface area contributed by atoms with E-state index in [1.165, 1.54) is 0 Å². The Balaban J connectivity index is 3.43. The summed E-state index contributed by atoms with van der Waals surface area (Å²) in [5.74, 6) is -2.25. The van der Waals surface area contributed by atoms with E-state index in [1.807, 2.05) is 0 Å². The van der Waals surface area contributed by atoms with Crippen molar-refractivity contribution >= 4 is 11.6 Å². The third-order valence-corrected chi connectivity index (χ3v) is 1.15. The Morgan fingerprint density at radius 1 is 1.31 bits per heavy atom. The second kappa shape index (κ2) is 2.97. The number of aromatic nitrogens is 2. The van der Waals surface area contributed by atoms with Crippen LogP contribution in [0.1, 0.15) is 0 Å². The van der Waals surface area contributed by atoms with Crippen molar-refractivity contribution in [2.45, 2.75) is 0 Å². The van der Waals surface area contributed by atoms with Crippen molar-refractivity contribution in [3.05, 3.63) is 37.8 Å². The van der Waals surface area contributed by atoms with E-state index in [1.54, 1.807) is 0 Å². The van der Waals surface area contributed by atoms with E-state index in [-0.39, 0.29) is 4.73 Å². The molecule has 9 nitrogen and oxygen atoms in total. The van der Waals surface area contributed by atoms with Gasteiger partial charge in [-0.1, -0.05) is 4.73 Å². The van der Waals surface area contributed by atoms with Crippen LogP contribution < -0.4 is 4.73 Å². The van der Waals surface area contributed by atoms with Gasteiger partial charge in [-0.3, -0.25) is 10.1 Å². The lowest BCUT2D eigenvalue weighted by Crippen LogP contribution is -2.30. The fourth-order valence-electron chi connectivity index (χ4n) is 0.682. The maximum atomic E-state index is 10.7. The molecule has 68 valence electrons. The number of hydrogen-bond donors (Lipinski definition) is 0. The maximum Gasteiger partial charge on any atom is 0.611 e. The summed E-state index contributed by atoms with van der Waals surface area (Å²) in [6.45, 7) is 0. The van der Waals surface area contributed by atoms with Gasteiger partial charge >= 0.3 is 11.6 Å². The van der Waals surface area contributed by atoms with Crippen LogP contribution in [0.15, 0.2) is 12.4 Å². The van der Waals surface area contributed by atoms with Gasteiger partial charge in [0.15, 0.2) is 0 Å². The van der Waals surface area contributed by atoms with E-state index in [9.17, 15) is 25.4 Å². The van der Waals surface area contributed by atoms with E-state index >= 15 is 0 Å². The average molecular weight is 186 g/mol. The van der Waals surface area contributed by atoms with Crippen LogP contribution >= 0.6 is 0 Å². The van der Waals surface area contributed by atoms with Crippen molar-refractivity contribution < 1.29 is 14.6 Å². The van der Waals surface area contributed by atoms with Gasteiger partial charge in [0.25, 0.3) is 0 Å². The smallest absolute Gasteiger partial charge is 0.611 e. The van der Waals surface area contributed by atoms with E-state index < -0.39 is 21.5 Å². The second-order valence-corrected chi connectivity index (χ2v) is 1.91. The highest BCUT2D eigenvalue weighted by Crippen LogP contribution is 2.16. The molecule has 0 fully saturated rings. The van der Waals surface area contributed by atoms with E-state index in [0.29, 0.717) is 6.20 Å². The highest BCUT2D eigenvalue weighted by Gasteiger charge is 2.36. The highest BCUT2D eigenvalue weighted by molar-refractivity contribution is 5.33. The average Bonchev–Trinajstić information content (AvgIpc) is 2.02. The normalized spacial score (nSPS) is 9.54. The summed E-state index contributed by atoms with van der Waals surface area (Å²) in [4.78, 5) is 21.2. The third kappa shape index (κ3) is 1.47. The van der Waals surface area contributed by atoms with Gasteiger partial charge in [-0.15, -0.1) is 0 Å². The van der Waals surface area contributed by atoms with Crippen molar-refractivity contribution in [3.8, 4) is 0 Å². The summed E-state index contributed by atoms with van der Waals surface area (Å²) in [6.07, 6.45) is 1.53. The minimum atomic E-state index is -1.19. The molecule has 0 aliphatic heterocycles. The van der Waals surface area contributed by atoms with Gasteiger partial charge in [-0.25, -0.2) is 0 Å². The number of nitrogens with zero attached hydrogens (tertiary/aromatic N) is 4. The SMILES string of the molecule is O=[N+]([O-])c1ncc[n+]([O-])c1[N+](=O)[O-]. The molecule has 0 atom stereocenters. The molecule has 0 spiro atoms. The number of nitro groups is 2. The molecule has 0 unspecified atom stereocenters. The molecule has 0 bridgehead atoms. The summed E-state index contributed by atoms with van der Waals surface area (Å²) in [5.41, 5.74) is 0. The molecule has 0 amide bonds. The van der Waals surface area contributed by atoms with Gasteiger partial charge in [0.05, 0.1) is 0 Å². The zero-order valence-corrected chi connectivity index (χ0v) is 5.98. The molecular formula is C4H2N4O5. The van der Waals surface area contributed by atoms with Crippen LogP contribution in [0, 0.1) is 25.4 Å². The van der Waals surface area contributed by atoms with Crippen LogP contribution in [0.25, 0.3) is 0 Å². The zero-order valence-electron chi connectivity index (χ0n) is 5.98. The van der Waals surface area contributed by atoms with Crippen LogP contribution in [0.5, 0.6) is 0 Å². The first-order valence-corrected chi connectivity index (χ1v) is 2.91. The molecule has 0 aromatic carbocycles. The van der Waals surface area contributed by atoms with Crippen LogP contribution in [0.3, 0.4) is 0 Å². The van der Waals surface area contributed by atoms with Crippen molar-refractivity contribution in [3.63, 3.8) is 0 Å². The lowest BCUT2D eigenvalue weighted by atomic mass is 10.6. The van der Waals surface area contributed by atoms with Gasteiger partial charge in [0.2, 0.25) is 12.4 Å². The summed E-state index contributed by atoms with van der Waals surface area (Å²) in [5, 5.41) is 31.1. The third-order valence-electron chi connectivity index (χ3n) is 1.15. The topological polar surface area (TPSA) is 126 Å². The summed E-state index contributed by atoms with van der Waals surface area (Å²) in [6, 6.07) is 0. The lowest BCUT2D eigenvalue weighted by molar-refractivity contribution is -0.669. The molecular weight excluding hydrogens is 184 g/mol. The van der Waals surface area contributed by atoms with Gasteiger partial charge in [-0.05, 0) is 9.91 Å². The van der Waals surface area contributed by atoms with E-state index in [0.717, 1.165) is 6.20 Å². The van der Waals surface area contributed by atoms with Crippen LogP contribution in [-0.2, 0) is 0 Å². The minimum Gasteiger partial charge on any atom is -0.614 e. The van der Waals surface area contributed by atoms with Gasteiger partial charge in [0, 0.05) is 0 Å².